The number of aryl methyl sites for hydroxylation is 1. The molecular weight excluding hydrogens is 387 g/mol. The van der Waals surface area contributed by atoms with Crippen LogP contribution in [-0.4, -0.2) is 32.2 Å². The summed E-state index contributed by atoms with van der Waals surface area (Å²) in [5.74, 6) is -0.523. The molecule has 27 heavy (non-hydrogen) atoms. The van der Waals surface area contributed by atoms with E-state index in [1.165, 1.54) is 23.5 Å². The Morgan fingerprint density at radius 2 is 2.04 bits per heavy atom. The van der Waals surface area contributed by atoms with Gasteiger partial charge in [0, 0.05) is 17.8 Å². The Morgan fingerprint density at radius 3 is 2.81 bits per heavy atom. The molecule has 1 fully saturated rings. The number of nitrogens with one attached hydrogen (secondary N) is 1. The third kappa shape index (κ3) is 3.52. The van der Waals surface area contributed by atoms with Gasteiger partial charge in [-0.05, 0) is 48.2 Å². The molecule has 0 aliphatic carbocycles. The smallest absolute Gasteiger partial charge is 0.266 e. The lowest BCUT2D eigenvalue weighted by molar-refractivity contribution is 0.103. The fourth-order valence-corrected chi connectivity index (χ4v) is 4.69. The van der Waals surface area contributed by atoms with Gasteiger partial charge in [-0.15, -0.1) is 11.3 Å². The first kappa shape index (κ1) is 18.2. The van der Waals surface area contributed by atoms with Crippen LogP contribution < -0.4 is 10.2 Å². The zero-order chi connectivity index (χ0) is 19.0. The number of anilines is 2. The van der Waals surface area contributed by atoms with Crippen LogP contribution in [0.4, 0.5) is 15.8 Å². The second-order valence-electron chi connectivity index (χ2n) is 6.39. The number of halogens is 2. The lowest BCUT2D eigenvalue weighted by Crippen LogP contribution is -2.37. The van der Waals surface area contributed by atoms with Crippen LogP contribution in [0.3, 0.4) is 0 Å². The van der Waals surface area contributed by atoms with E-state index in [2.05, 4.69) is 10.2 Å². The van der Waals surface area contributed by atoms with Crippen molar-refractivity contribution in [2.24, 2.45) is 0 Å². The van der Waals surface area contributed by atoms with Crippen molar-refractivity contribution in [3.8, 4) is 0 Å². The molecule has 0 saturated carbocycles. The number of carbonyl (C=O) groups excluding carboxylic acids is 1. The van der Waals surface area contributed by atoms with E-state index in [1.54, 1.807) is 6.07 Å². The van der Waals surface area contributed by atoms with E-state index in [9.17, 15) is 9.18 Å². The van der Waals surface area contributed by atoms with Crippen LogP contribution in [0.15, 0.2) is 36.4 Å². The molecule has 0 radical (unpaired) electrons. The average Bonchev–Trinajstić information content (AvgIpc) is 2.99. The molecule has 1 saturated heterocycles. The molecule has 3 aromatic rings. The number of nitrogens with zero attached hydrogens (tertiary/aromatic N) is 1. The number of ether oxygens (including phenoxy) is 1. The van der Waals surface area contributed by atoms with Gasteiger partial charge in [0.2, 0.25) is 0 Å². The van der Waals surface area contributed by atoms with Gasteiger partial charge in [0.15, 0.2) is 0 Å². The van der Waals surface area contributed by atoms with Crippen molar-refractivity contribution in [1.82, 2.24) is 0 Å². The maximum atomic E-state index is 13.6. The number of morpholine rings is 1. The van der Waals surface area contributed by atoms with Crippen molar-refractivity contribution >= 4 is 50.3 Å². The summed E-state index contributed by atoms with van der Waals surface area (Å²) in [5.41, 5.74) is 2.25. The number of thiophene rings is 1. The predicted molar refractivity (Wildman–Crippen MR) is 109 cm³/mol. The molecule has 1 N–H and O–H groups in total. The Balaban J connectivity index is 1.67. The number of amides is 1. The molecular formula is C20H18ClFN2O2S. The molecule has 0 bridgehead atoms. The van der Waals surface area contributed by atoms with Crippen LogP contribution in [0.1, 0.15) is 15.2 Å². The molecule has 1 aliphatic rings. The van der Waals surface area contributed by atoms with Gasteiger partial charge in [-0.3, -0.25) is 4.79 Å². The minimum Gasteiger partial charge on any atom is -0.378 e. The lowest BCUT2D eigenvalue weighted by Gasteiger charge is -2.31. The molecule has 1 aliphatic heterocycles. The minimum atomic E-state index is -0.306. The summed E-state index contributed by atoms with van der Waals surface area (Å²) in [6.45, 7) is 4.52. The van der Waals surface area contributed by atoms with E-state index in [-0.39, 0.29) is 11.7 Å². The fraction of sp³-hybridized carbons (Fsp3) is 0.250. The average molecular weight is 405 g/mol. The molecule has 0 unspecified atom stereocenters. The van der Waals surface area contributed by atoms with Crippen LogP contribution >= 0.6 is 22.9 Å². The van der Waals surface area contributed by atoms with E-state index < -0.39 is 0 Å². The number of benzene rings is 2. The predicted octanol–water partition coefficient (Wildman–Crippen LogP) is 5.09. The number of fused-ring (bicyclic) bond motifs is 1. The molecule has 140 valence electrons. The van der Waals surface area contributed by atoms with Gasteiger partial charge >= 0.3 is 0 Å². The van der Waals surface area contributed by atoms with Gasteiger partial charge in [0.25, 0.3) is 5.91 Å². The number of hydrogen-bond donors (Lipinski definition) is 1. The van der Waals surface area contributed by atoms with Crippen LogP contribution in [0.5, 0.6) is 0 Å². The maximum absolute atomic E-state index is 13.6. The zero-order valence-electron chi connectivity index (χ0n) is 14.7. The van der Waals surface area contributed by atoms with Crippen LogP contribution in [0, 0.1) is 12.7 Å². The molecule has 1 aromatic heterocycles. The Kier molecular flexibility index (Phi) is 5.04. The standard InChI is InChI=1S/C20H18ClFN2O2S/c1-12-14-11-13(22)5-6-17(14)27-19(12)20(25)23-16-4-2-3-15(21)18(16)24-7-9-26-10-8-24/h2-6,11H,7-10H2,1H3,(H,23,25). The van der Waals surface area contributed by atoms with Gasteiger partial charge in [-0.25, -0.2) is 4.39 Å². The first-order valence-corrected chi connectivity index (χ1v) is 9.85. The highest BCUT2D eigenvalue weighted by Crippen LogP contribution is 2.36. The van der Waals surface area contributed by atoms with Crippen molar-refractivity contribution in [3.63, 3.8) is 0 Å². The van der Waals surface area contributed by atoms with Crippen molar-refractivity contribution in [2.45, 2.75) is 6.92 Å². The fourth-order valence-electron chi connectivity index (χ4n) is 3.31. The van der Waals surface area contributed by atoms with Gasteiger partial charge < -0.3 is 15.0 Å². The number of hydrogen-bond acceptors (Lipinski definition) is 4. The first-order chi connectivity index (χ1) is 13.0. The molecule has 0 atom stereocenters. The molecule has 2 heterocycles. The highest BCUT2D eigenvalue weighted by Gasteiger charge is 2.21. The van der Waals surface area contributed by atoms with Crippen LogP contribution in [0.2, 0.25) is 5.02 Å². The lowest BCUT2D eigenvalue weighted by atomic mass is 10.1. The summed E-state index contributed by atoms with van der Waals surface area (Å²) in [6, 6.07) is 10.1. The molecule has 0 spiro atoms. The monoisotopic (exact) mass is 404 g/mol. The van der Waals surface area contributed by atoms with Crippen molar-refractivity contribution in [3.05, 3.63) is 57.7 Å². The number of rotatable bonds is 3. The second-order valence-corrected chi connectivity index (χ2v) is 7.85. The summed E-state index contributed by atoms with van der Waals surface area (Å²) in [4.78, 5) is 15.6. The van der Waals surface area contributed by atoms with Gasteiger partial charge in [-0.1, -0.05) is 17.7 Å². The summed E-state index contributed by atoms with van der Waals surface area (Å²) in [5, 5.41) is 4.35. The van der Waals surface area contributed by atoms with Gasteiger partial charge in [0.05, 0.1) is 34.5 Å². The topological polar surface area (TPSA) is 41.6 Å². The zero-order valence-corrected chi connectivity index (χ0v) is 16.3. The molecule has 1 amide bonds. The summed E-state index contributed by atoms with van der Waals surface area (Å²) in [7, 11) is 0. The Bertz CT molecular complexity index is 1010. The summed E-state index contributed by atoms with van der Waals surface area (Å²) < 4.78 is 19.8. The minimum absolute atomic E-state index is 0.217. The molecule has 4 rings (SSSR count). The van der Waals surface area contributed by atoms with E-state index in [0.29, 0.717) is 41.9 Å². The van der Waals surface area contributed by atoms with Crippen molar-refractivity contribution < 1.29 is 13.9 Å². The normalized spacial score (nSPS) is 14.6. The third-order valence-electron chi connectivity index (χ3n) is 4.67. The Hall–Kier alpha value is -2.15. The van der Waals surface area contributed by atoms with Crippen molar-refractivity contribution in [1.29, 1.82) is 0 Å². The largest absolute Gasteiger partial charge is 0.378 e. The van der Waals surface area contributed by atoms with Gasteiger partial charge in [-0.2, -0.15) is 0 Å². The maximum Gasteiger partial charge on any atom is 0.266 e. The number of para-hydroxylation sites is 1. The molecule has 2 aromatic carbocycles. The van der Waals surface area contributed by atoms with Gasteiger partial charge in [0.1, 0.15) is 5.82 Å². The summed E-state index contributed by atoms with van der Waals surface area (Å²) >= 11 is 7.79. The Labute approximate surface area is 165 Å². The quantitative estimate of drug-likeness (QED) is 0.661. The SMILES string of the molecule is Cc1c(C(=O)Nc2cccc(Cl)c2N2CCOCC2)sc2ccc(F)cc12. The molecule has 7 heteroatoms. The van der Waals surface area contributed by atoms with Crippen LogP contribution in [-0.2, 0) is 4.74 Å². The molecule has 4 nitrogen and oxygen atoms in total. The van der Waals surface area contributed by atoms with E-state index in [1.807, 2.05) is 25.1 Å². The summed E-state index contributed by atoms with van der Waals surface area (Å²) in [6.07, 6.45) is 0. The first-order valence-electron chi connectivity index (χ1n) is 8.66. The number of carbonyl (C=O) groups is 1. The Morgan fingerprint density at radius 1 is 1.26 bits per heavy atom. The third-order valence-corrected chi connectivity index (χ3v) is 6.24. The second kappa shape index (κ2) is 7.46. The van der Waals surface area contributed by atoms with E-state index >= 15 is 0 Å². The van der Waals surface area contributed by atoms with E-state index in [0.717, 1.165) is 21.3 Å². The highest BCUT2D eigenvalue weighted by atomic mass is 35.5. The van der Waals surface area contributed by atoms with E-state index in [4.69, 9.17) is 16.3 Å². The van der Waals surface area contributed by atoms with Crippen molar-refractivity contribution in [2.75, 3.05) is 36.5 Å². The highest BCUT2D eigenvalue weighted by molar-refractivity contribution is 7.21. The van der Waals surface area contributed by atoms with Crippen LogP contribution in [0.25, 0.3) is 10.1 Å².